The summed E-state index contributed by atoms with van der Waals surface area (Å²) >= 11 is 0. The van der Waals surface area contributed by atoms with Gasteiger partial charge in [-0.05, 0) is 92.8 Å². The molecule has 186 valence electrons. The van der Waals surface area contributed by atoms with Crippen LogP contribution in [0.25, 0.3) is 0 Å². The van der Waals surface area contributed by atoms with Crippen LogP contribution in [0, 0.1) is 52.3 Å². The summed E-state index contributed by atoms with van der Waals surface area (Å²) in [5.74, 6) is 1.02. The first-order valence-electron chi connectivity index (χ1n) is 12.7. The van der Waals surface area contributed by atoms with Crippen LogP contribution in [0.1, 0.15) is 82.9 Å². The molecular formula is C26H33F4N3O. The van der Waals surface area contributed by atoms with Gasteiger partial charge in [-0.25, -0.2) is 4.39 Å². The number of halogens is 4. The number of rotatable bonds is 3. The van der Waals surface area contributed by atoms with Crippen molar-refractivity contribution in [2.45, 2.75) is 90.0 Å². The van der Waals surface area contributed by atoms with Gasteiger partial charge in [-0.3, -0.25) is 9.48 Å². The van der Waals surface area contributed by atoms with E-state index in [1.165, 1.54) is 6.07 Å². The summed E-state index contributed by atoms with van der Waals surface area (Å²) in [6.45, 7) is 4.11. The molecule has 1 heterocycles. The van der Waals surface area contributed by atoms with E-state index in [9.17, 15) is 18.0 Å². The van der Waals surface area contributed by atoms with Crippen molar-refractivity contribution in [3.63, 3.8) is 0 Å². The van der Waals surface area contributed by atoms with Gasteiger partial charge in [0.2, 0.25) is 0 Å². The average molecular weight is 480 g/mol. The maximum absolute atomic E-state index is 16.4. The third kappa shape index (κ3) is 3.60. The highest BCUT2D eigenvalue weighted by atomic mass is 19.4. The summed E-state index contributed by atoms with van der Waals surface area (Å²) in [5, 5.41) is 12.7. The Hall–Kier alpha value is -1.91. The van der Waals surface area contributed by atoms with Gasteiger partial charge in [0.05, 0.1) is 6.54 Å². The molecule has 5 rings (SSSR count). The van der Waals surface area contributed by atoms with Crippen LogP contribution >= 0.6 is 0 Å². The summed E-state index contributed by atoms with van der Waals surface area (Å²) in [6, 6.07) is 1.48. The van der Waals surface area contributed by atoms with Gasteiger partial charge in [0.1, 0.15) is 17.3 Å². The maximum atomic E-state index is 16.4. The van der Waals surface area contributed by atoms with E-state index in [4.69, 9.17) is 5.26 Å². The minimum atomic E-state index is -4.69. The SMILES string of the molecule is C[C@H]1CC[C@]2(F)C3CC[C@@]4(C)C(CC[C@@H]4C(=O)Cn4cc(C(F)(F)F)c(C#N)n4)C3CC[C@@H]2C1. The fourth-order valence-electron chi connectivity index (χ4n) is 8.59. The molecule has 34 heavy (non-hydrogen) atoms. The smallest absolute Gasteiger partial charge is 0.297 e. The zero-order valence-electron chi connectivity index (χ0n) is 19.9. The van der Waals surface area contributed by atoms with Crippen LogP contribution in [0.2, 0.25) is 0 Å². The Kier molecular flexibility index (Phi) is 5.65. The second-order valence-corrected chi connectivity index (χ2v) is 11.8. The molecule has 0 radical (unpaired) electrons. The lowest BCUT2D eigenvalue weighted by molar-refractivity contribution is -0.146. The number of nitrogens with zero attached hydrogens (tertiary/aromatic N) is 3. The molecule has 1 aromatic heterocycles. The first kappa shape index (κ1) is 23.8. The number of Topliss-reactive ketones (excluding diaryl/α,β-unsaturated/α-hetero) is 1. The predicted octanol–water partition coefficient (Wildman–Crippen LogP) is 6.34. The zero-order chi connectivity index (χ0) is 24.5. The molecule has 0 saturated heterocycles. The number of hydrogen-bond donors (Lipinski definition) is 0. The van der Waals surface area contributed by atoms with Gasteiger partial charge in [0, 0.05) is 12.1 Å². The van der Waals surface area contributed by atoms with E-state index in [0.717, 1.165) is 55.8 Å². The zero-order valence-corrected chi connectivity index (χ0v) is 19.9. The van der Waals surface area contributed by atoms with Crippen molar-refractivity contribution < 1.29 is 22.4 Å². The van der Waals surface area contributed by atoms with Gasteiger partial charge < -0.3 is 0 Å². The van der Waals surface area contributed by atoms with Gasteiger partial charge in [-0.2, -0.15) is 23.5 Å². The van der Waals surface area contributed by atoms with E-state index < -0.39 is 23.1 Å². The van der Waals surface area contributed by atoms with Crippen molar-refractivity contribution >= 4 is 5.78 Å². The Morgan fingerprint density at radius 2 is 1.94 bits per heavy atom. The van der Waals surface area contributed by atoms with E-state index in [1.54, 1.807) is 0 Å². The molecular weight excluding hydrogens is 446 g/mol. The van der Waals surface area contributed by atoms with Crippen molar-refractivity contribution in [1.82, 2.24) is 9.78 Å². The van der Waals surface area contributed by atoms with E-state index in [1.807, 2.05) is 0 Å². The highest BCUT2D eigenvalue weighted by Crippen LogP contribution is 2.66. The molecule has 4 fully saturated rings. The third-order valence-corrected chi connectivity index (χ3v) is 10.2. The highest BCUT2D eigenvalue weighted by Gasteiger charge is 2.62. The van der Waals surface area contributed by atoms with Gasteiger partial charge in [0.25, 0.3) is 0 Å². The van der Waals surface area contributed by atoms with Crippen LogP contribution in [-0.4, -0.2) is 21.2 Å². The molecule has 0 bridgehead atoms. The van der Waals surface area contributed by atoms with Crippen LogP contribution in [0.15, 0.2) is 6.20 Å². The van der Waals surface area contributed by atoms with E-state index in [-0.39, 0.29) is 47.3 Å². The number of hydrogen-bond acceptors (Lipinski definition) is 3. The Morgan fingerprint density at radius 1 is 1.18 bits per heavy atom. The standard InChI is InChI=1S/C26H33F4N3O/c1-15-7-10-25(27)16(11-15)3-4-17-18-5-6-20(24(18,2)9-8-19(17)25)23(34)14-33-13-21(26(28,29)30)22(12-31)32-33/h13,15-20H,3-11,14H2,1-2H3/t15-,16+,17?,18?,19?,20+,24-,25+/m0/s1. The van der Waals surface area contributed by atoms with Gasteiger partial charge in [0.15, 0.2) is 11.5 Å². The predicted molar refractivity (Wildman–Crippen MR) is 117 cm³/mol. The molecule has 0 amide bonds. The molecule has 0 spiro atoms. The largest absolute Gasteiger partial charge is 0.420 e. The number of carbonyl (C=O) groups excluding carboxylic acids is 1. The quantitative estimate of drug-likeness (QED) is 0.476. The molecule has 0 N–H and O–H groups in total. The van der Waals surface area contributed by atoms with Crippen LogP contribution in [-0.2, 0) is 17.5 Å². The molecule has 4 saturated carbocycles. The summed E-state index contributed by atoms with van der Waals surface area (Å²) in [4.78, 5) is 13.3. The van der Waals surface area contributed by atoms with Crippen LogP contribution in [0.4, 0.5) is 17.6 Å². The normalized spacial score (nSPS) is 41.8. The third-order valence-electron chi connectivity index (χ3n) is 10.2. The second kappa shape index (κ2) is 8.06. The van der Waals surface area contributed by atoms with E-state index in [0.29, 0.717) is 18.8 Å². The molecule has 4 nitrogen and oxygen atoms in total. The number of fused-ring (bicyclic) bond motifs is 5. The number of aromatic nitrogens is 2. The molecule has 1 aromatic rings. The molecule has 4 aliphatic rings. The monoisotopic (exact) mass is 479 g/mol. The fourth-order valence-corrected chi connectivity index (χ4v) is 8.59. The molecule has 3 unspecified atom stereocenters. The topological polar surface area (TPSA) is 58.7 Å². The minimum Gasteiger partial charge on any atom is -0.297 e. The first-order valence-corrected chi connectivity index (χ1v) is 12.7. The van der Waals surface area contributed by atoms with Crippen molar-refractivity contribution in [1.29, 1.82) is 5.26 Å². The summed E-state index contributed by atoms with van der Waals surface area (Å²) < 4.78 is 56.9. The average Bonchev–Trinajstić information content (AvgIpc) is 3.34. The van der Waals surface area contributed by atoms with Crippen LogP contribution < -0.4 is 0 Å². The maximum Gasteiger partial charge on any atom is 0.420 e. The van der Waals surface area contributed by atoms with Gasteiger partial charge in [-0.15, -0.1) is 0 Å². The minimum absolute atomic E-state index is 0.0734. The summed E-state index contributed by atoms with van der Waals surface area (Å²) in [5.41, 5.74) is -3.13. The lowest BCUT2D eigenvalue weighted by Gasteiger charge is -2.58. The van der Waals surface area contributed by atoms with Gasteiger partial charge in [-0.1, -0.05) is 13.8 Å². The molecule has 0 aromatic carbocycles. The van der Waals surface area contributed by atoms with Crippen molar-refractivity contribution in [3.8, 4) is 6.07 Å². The highest BCUT2D eigenvalue weighted by molar-refractivity contribution is 5.82. The lowest BCUT2D eigenvalue weighted by atomic mass is 9.48. The van der Waals surface area contributed by atoms with Gasteiger partial charge >= 0.3 is 6.18 Å². The first-order chi connectivity index (χ1) is 16.0. The molecule has 0 aliphatic heterocycles. The number of nitriles is 1. The van der Waals surface area contributed by atoms with Crippen molar-refractivity contribution in [3.05, 3.63) is 17.5 Å². The van der Waals surface area contributed by atoms with Crippen molar-refractivity contribution in [2.24, 2.45) is 40.9 Å². The Morgan fingerprint density at radius 3 is 2.62 bits per heavy atom. The van der Waals surface area contributed by atoms with Crippen LogP contribution in [0.5, 0.6) is 0 Å². The van der Waals surface area contributed by atoms with Crippen molar-refractivity contribution in [2.75, 3.05) is 0 Å². The molecule has 4 aliphatic carbocycles. The summed E-state index contributed by atoms with van der Waals surface area (Å²) in [7, 11) is 0. The Balaban J connectivity index is 1.33. The summed E-state index contributed by atoms with van der Waals surface area (Å²) in [6.07, 6.45) is 3.78. The molecule has 8 heteroatoms. The Bertz CT molecular complexity index is 1010. The van der Waals surface area contributed by atoms with E-state index >= 15 is 4.39 Å². The second-order valence-electron chi connectivity index (χ2n) is 11.8. The number of alkyl halides is 4. The molecule has 8 atom stereocenters. The fraction of sp³-hybridized carbons (Fsp3) is 0.808. The number of carbonyl (C=O) groups is 1. The lowest BCUT2D eigenvalue weighted by Crippen LogP contribution is -2.56. The number of ketones is 1. The van der Waals surface area contributed by atoms with Crippen LogP contribution in [0.3, 0.4) is 0 Å². The Labute approximate surface area is 198 Å². The van der Waals surface area contributed by atoms with E-state index in [2.05, 4.69) is 18.9 Å².